The first kappa shape index (κ1) is 18.7. The first-order valence-electron chi connectivity index (χ1n) is 9.31. The molecular weight excluding hydrogens is 327 g/mol. The number of imidazole rings is 1. The number of aryl methyl sites for hydroxylation is 2. The van der Waals surface area contributed by atoms with Gasteiger partial charge in [-0.1, -0.05) is 78.9 Å². The summed E-state index contributed by atoms with van der Waals surface area (Å²) in [5.74, 6) is 0.484. The monoisotopic (exact) mass is 352 g/mol. The van der Waals surface area contributed by atoms with Gasteiger partial charge in [0.2, 0.25) is 0 Å². The maximum Gasteiger partial charge on any atom is 0.116 e. The lowest BCUT2D eigenvalue weighted by Crippen LogP contribution is -1.99. The van der Waals surface area contributed by atoms with Crippen LogP contribution in [0.15, 0.2) is 97.6 Å². The van der Waals surface area contributed by atoms with Crippen molar-refractivity contribution in [1.29, 1.82) is 0 Å². The van der Waals surface area contributed by atoms with Gasteiger partial charge in [-0.2, -0.15) is 0 Å². The molecule has 1 heterocycles. The number of rotatable bonds is 3. The number of benzene rings is 3. The molecule has 1 aromatic heterocycles. The Morgan fingerprint density at radius 2 is 1.26 bits per heavy atom. The molecule has 0 amide bonds. The first-order valence-corrected chi connectivity index (χ1v) is 9.31. The van der Waals surface area contributed by atoms with Crippen molar-refractivity contribution in [1.82, 2.24) is 9.55 Å². The van der Waals surface area contributed by atoms with Gasteiger partial charge in [-0.3, -0.25) is 0 Å². The van der Waals surface area contributed by atoms with Gasteiger partial charge < -0.3 is 4.57 Å². The molecule has 0 saturated carbocycles. The highest BCUT2D eigenvalue weighted by molar-refractivity contribution is 6.14. The summed E-state index contributed by atoms with van der Waals surface area (Å²) in [4.78, 5) is 4.04. The fraction of sp³-hybridized carbons (Fsp3) is 0.125. The van der Waals surface area contributed by atoms with E-state index in [9.17, 15) is 0 Å². The van der Waals surface area contributed by atoms with Crippen LogP contribution in [0.4, 0.5) is 0 Å². The second-order valence-corrected chi connectivity index (χ2v) is 6.75. The molecule has 4 rings (SSSR count). The fourth-order valence-electron chi connectivity index (χ4n) is 3.28. The van der Waals surface area contributed by atoms with E-state index in [0.29, 0.717) is 5.82 Å². The molecule has 3 aromatic carbocycles. The van der Waals surface area contributed by atoms with E-state index >= 15 is 0 Å². The molecular formula is C24H25BN2. The van der Waals surface area contributed by atoms with Gasteiger partial charge in [-0.25, -0.2) is 4.98 Å². The van der Waals surface area contributed by atoms with Gasteiger partial charge >= 0.3 is 0 Å². The molecule has 0 aliphatic rings. The van der Waals surface area contributed by atoms with Crippen molar-refractivity contribution >= 4 is 7.85 Å². The second-order valence-electron chi connectivity index (χ2n) is 6.75. The molecule has 0 bridgehead atoms. The van der Waals surface area contributed by atoms with Crippen LogP contribution >= 0.6 is 0 Å². The minimum absolute atomic E-state index is 0.484. The smallest absolute Gasteiger partial charge is 0.116 e. The summed E-state index contributed by atoms with van der Waals surface area (Å²) in [6, 6.07) is 27.5. The van der Waals surface area contributed by atoms with E-state index in [1.54, 1.807) is 6.20 Å². The predicted octanol–water partition coefficient (Wildman–Crippen LogP) is 4.90. The quantitative estimate of drug-likeness (QED) is 0.480. The van der Waals surface area contributed by atoms with Crippen molar-refractivity contribution in [2.45, 2.75) is 19.7 Å². The minimum Gasteiger partial charge on any atom is -0.306 e. The van der Waals surface area contributed by atoms with Crippen LogP contribution in [0.1, 0.15) is 28.1 Å². The van der Waals surface area contributed by atoms with Gasteiger partial charge in [0, 0.05) is 12.4 Å². The van der Waals surface area contributed by atoms with E-state index in [1.807, 2.05) is 17.1 Å². The number of nitrogens with zero attached hydrogens (tertiary/aromatic N) is 2. The molecule has 134 valence electrons. The highest BCUT2D eigenvalue weighted by atomic mass is 15.0. The number of aromatic nitrogens is 2. The second kappa shape index (κ2) is 9.04. The lowest BCUT2D eigenvalue weighted by Gasteiger charge is -2.11. The number of para-hydroxylation sites is 1. The maximum atomic E-state index is 4.04. The molecule has 4 aromatic rings. The predicted molar refractivity (Wildman–Crippen MR) is 116 cm³/mol. The van der Waals surface area contributed by atoms with Crippen molar-refractivity contribution in [2.24, 2.45) is 0 Å². The Labute approximate surface area is 162 Å². The Hall–Kier alpha value is -3.07. The average molecular weight is 352 g/mol. The van der Waals surface area contributed by atoms with Crippen LogP contribution in [-0.4, -0.2) is 17.4 Å². The third-order valence-corrected chi connectivity index (χ3v) is 4.80. The van der Waals surface area contributed by atoms with Gasteiger partial charge in [0.05, 0.1) is 12.0 Å². The Morgan fingerprint density at radius 3 is 1.70 bits per heavy atom. The summed E-state index contributed by atoms with van der Waals surface area (Å²) in [7, 11) is 2.24. The standard InChI is InChI=1S/C13H13B.C11H12N2/c14-13(11-7-3-1-4-8-11)12-9-5-2-6-10-12;1-9-4-3-5-10(2)11(9)13-7-6-12-8-13/h1-10,13H,14H2;3-8H,1-2H3. The first-order chi connectivity index (χ1) is 13.2. The van der Waals surface area contributed by atoms with Crippen LogP contribution in [0, 0.1) is 13.8 Å². The Balaban J connectivity index is 0.000000156. The van der Waals surface area contributed by atoms with Crippen LogP contribution in [0.3, 0.4) is 0 Å². The van der Waals surface area contributed by atoms with Crippen molar-refractivity contribution in [2.75, 3.05) is 0 Å². The Bertz CT molecular complexity index is 889. The van der Waals surface area contributed by atoms with E-state index in [0.717, 1.165) is 0 Å². The molecule has 27 heavy (non-hydrogen) atoms. The summed E-state index contributed by atoms with van der Waals surface area (Å²) >= 11 is 0. The zero-order valence-electron chi connectivity index (χ0n) is 16.2. The largest absolute Gasteiger partial charge is 0.306 e. The third-order valence-electron chi connectivity index (χ3n) is 4.80. The Kier molecular flexibility index (Phi) is 6.27. The van der Waals surface area contributed by atoms with Crippen molar-refractivity contribution in [3.8, 4) is 5.69 Å². The highest BCUT2D eigenvalue weighted by Gasteiger charge is 2.06. The summed E-state index contributed by atoms with van der Waals surface area (Å²) in [6.45, 7) is 4.23. The molecule has 0 unspecified atom stereocenters. The van der Waals surface area contributed by atoms with Crippen LogP contribution in [0.2, 0.25) is 0 Å². The van der Waals surface area contributed by atoms with Gasteiger partial charge in [0.25, 0.3) is 0 Å². The summed E-state index contributed by atoms with van der Waals surface area (Å²) < 4.78 is 2.05. The van der Waals surface area contributed by atoms with Crippen molar-refractivity contribution < 1.29 is 0 Å². The fourth-order valence-corrected chi connectivity index (χ4v) is 3.28. The lowest BCUT2D eigenvalue weighted by molar-refractivity contribution is 1.02. The van der Waals surface area contributed by atoms with Crippen LogP contribution in [0.5, 0.6) is 0 Å². The van der Waals surface area contributed by atoms with E-state index < -0.39 is 0 Å². The van der Waals surface area contributed by atoms with Crippen LogP contribution in [0.25, 0.3) is 5.69 Å². The molecule has 0 radical (unpaired) electrons. The third kappa shape index (κ3) is 4.76. The van der Waals surface area contributed by atoms with Gasteiger partial charge in [-0.15, -0.1) is 0 Å². The molecule has 0 fully saturated rings. The molecule has 0 spiro atoms. The number of hydrogen-bond donors (Lipinski definition) is 0. The van der Waals surface area contributed by atoms with Gasteiger partial charge in [-0.05, 0) is 41.9 Å². The van der Waals surface area contributed by atoms with Crippen LogP contribution < -0.4 is 0 Å². The molecule has 0 aliphatic carbocycles. The highest BCUT2D eigenvalue weighted by Crippen LogP contribution is 2.20. The zero-order valence-corrected chi connectivity index (χ0v) is 16.2. The average Bonchev–Trinajstić information content (AvgIpc) is 3.23. The van der Waals surface area contributed by atoms with Crippen molar-refractivity contribution in [3.05, 3.63) is 120 Å². The van der Waals surface area contributed by atoms with E-state index in [4.69, 9.17) is 0 Å². The summed E-state index contributed by atoms with van der Waals surface area (Å²) in [6.07, 6.45) is 5.59. The normalized spacial score (nSPS) is 10.3. The lowest BCUT2D eigenvalue weighted by atomic mass is 9.76. The van der Waals surface area contributed by atoms with E-state index in [-0.39, 0.29) is 0 Å². The topological polar surface area (TPSA) is 17.8 Å². The van der Waals surface area contributed by atoms with Gasteiger partial charge in [0.15, 0.2) is 0 Å². The molecule has 0 N–H and O–H groups in total. The SMILES string of the molecule is BC(c1ccccc1)c1ccccc1.Cc1cccc(C)c1-n1ccnc1. The molecule has 0 atom stereocenters. The summed E-state index contributed by atoms with van der Waals surface area (Å²) in [5, 5.41) is 0. The van der Waals surface area contributed by atoms with E-state index in [1.165, 1.54) is 27.9 Å². The number of hydrogen-bond acceptors (Lipinski definition) is 1. The molecule has 0 aliphatic heterocycles. The van der Waals surface area contributed by atoms with E-state index in [2.05, 4.69) is 106 Å². The van der Waals surface area contributed by atoms with Crippen molar-refractivity contribution in [3.63, 3.8) is 0 Å². The molecule has 3 heteroatoms. The minimum atomic E-state index is 0.484. The zero-order chi connectivity index (χ0) is 19.1. The molecule has 0 saturated heterocycles. The molecule has 2 nitrogen and oxygen atoms in total. The van der Waals surface area contributed by atoms with Crippen LogP contribution in [-0.2, 0) is 0 Å². The summed E-state index contributed by atoms with van der Waals surface area (Å²) in [5.41, 5.74) is 6.54. The Morgan fingerprint density at radius 1 is 0.741 bits per heavy atom. The maximum absolute atomic E-state index is 4.04. The van der Waals surface area contributed by atoms with Gasteiger partial charge in [0.1, 0.15) is 7.85 Å².